The summed E-state index contributed by atoms with van der Waals surface area (Å²) < 4.78 is 13.7. The van der Waals surface area contributed by atoms with Gasteiger partial charge >= 0.3 is 0 Å². The van der Waals surface area contributed by atoms with E-state index in [2.05, 4.69) is 18.7 Å². The van der Waals surface area contributed by atoms with Gasteiger partial charge in [-0.15, -0.1) is 0 Å². The first-order chi connectivity index (χ1) is 8.91. The van der Waals surface area contributed by atoms with E-state index in [-0.39, 0.29) is 5.82 Å². The molecule has 2 rings (SSSR count). The van der Waals surface area contributed by atoms with Crippen LogP contribution >= 0.6 is 0 Å². The zero-order valence-corrected chi connectivity index (χ0v) is 12.3. The van der Waals surface area contributed by atoms with E-state index in [1.54, 1.807) is 13.8 Å². The molecule has 3 heteroatoms. The van der Waals surface area contributed by atoms with Crippen LogP contribution in [0.3, 0.4) is 0 Å². The Morgan fingerprint density at radius 2 is 2.05 bits per heavy atom. The fraction of sp³-hybridized carbons (Fsp3) is 0.625. The summed E-state index contributed by atoms with van der Waals surface area (Å²) >= 11 is 0. The molecule has 1 aromatic rings. The highest BCUT2D eigenvalue weighted by Crippen LogP contribution is 2.34. The summed E-state index contributed by atoms with van der Waals surface area (Å²) in [6.45, 7) is 8.94. The monoisotopic (exact) mass is 265 g/mol. The summed E-state index contributed by atoms with van der Waals surface area (Å²) in [6.07, 6.45) is 1.75. The Hall–Kier alpha value is -1.09. The highest BCUT2D eigenvalue weighted by Gasteiger charge is 2.27. The van der Waals surface area contributed by atoms with Crippen molar-refractivity contribution in [2.75, 3.05) is 11.4 Å². The fourth-order valence-corrected chi connectivity index (χ4v) is 2.94. The van der Waals surface area contributed by atoms with Gasteiger partial charge in [-0.1, -0.05) is 6.92 Å². The number of aliphatic hydroxyl groups is 1. The summed E-state index contributed by atoms with van der Waals surface area (Å²) in [7, 11) is 0. The van der Waals surface area contributed by atoms with Crippen molar-refractivity contribution in [3.8, 4) is 0 Å². The third-order valence-corrected chi connectivity index (χ3v) is 4.44. The molecule has 1 aromatic carbocycles. The van der Waals surface area contributed by atoms with Gasteiger partial charge in [-0.2, -0.15) is 0 Å². The summed E-state index contributed by atoms with van der Waals surface area (Å²) in [5, 5.41) is 9.91. The maximum absolute atomic E-state index is 13.7. The van der Waals surface area contributed by atoms with Gasteiger partial charge in [0.25, 0.3) is 0 Å². The van der Waals surface area contributed by atoms with Crippen molar-refractivity contribution in [2.24, 2.45) is 5.92 Å². The Morgan fingerprint density at radius 1 is 1.37 bits per heavy atom. The minimum Gasteiger partial charge on any atom is -0.389 e. The predicted molar refractivity (Wildman–Crippen MR) is 77.0 cm³/mol. The number of aryl methyl sites for hydroxylation is 1. The van der Waals surface area contributed by atoms with E-state index in [1.165, 1.54) is 12.5 Å². The van der Waals surface area contributed by atoms with Crippen LogP contribution in [0.2, 0.25) is 0 Å². The number of anilines is 1. The van der Waals surface area contributed by atoms with Crippen LogP contribution in [-0.4, -0.2) is 17.7 Å². The topological polar surface area (TPSA) is 23.5 Å². The van der Waals surface area contributed by atoms with Crippen molar-refractivity contribution in [3.63, 3.8) is 0 Å². The van der Waals surface area contributed by atoms with Gasteiger partial charge in [0.15, 0.2) is 0 Å². The van der Waals surface area contributed by atoms with Gasteiger partial charge in [-0.3, -0.25) is 0 Å². The van der Waals surface area contributed by atoms with E-state index >= 15 is 0 Å². The third kappa shape index (κ3) is 2.76. The lowest BCUT2D eigenvalue weighted by atomic mass is 9.90. The zero-order chi connectivity index (χ0) is 14.2. The Balaban J connectivity index is 2.45. The molecule has 0 bridgehead atoms. The Kier molecular flexibility index (Phi) is 4.14. The largest absolute Gasteiger partial charge is 0.389 e. The molecule has 1 aliphatic rings. The zero-order valence-electron chi connectivity index (χ0n) is 12.3. The number of hydrogen-bond donors (Lipinski definition) is 1. The van der Waals surface area contributed by atoms with E-state index in [0.717, 1.165) is 18.7 Å². The highest BCUT2D eigenvalue weighted by molar-refractivity contribution is 5.57. The van der Waals surface area contributed by atoms with E-state index in [9.17, 15) is 9.50 Å². The Morgan fingerprint density at radius 3 is 2.68 bits per heavy atom. The minimum absolute atomic E-state index is 0.239. The third-order valence-electron chi connectivity index (χ3n) is 4.44. The maximum atomic E-state index is 13.7. The van der Waals surface area contributed by atoms with Gasteiger partial charge in [0.1, 0.15) is 5.82 Å². The van der Waals surface area contributed by atoms with E-state index < -0.39 is 6.10 Å². The molecule has 19 heavy (non-hydrogen) atoms. The van der Waals surface area contributed by atoms with Crippen LogP contribution in [-0.2, 0) is 0 Å². The second-order valence-electron chi connectivity index (χ2n) is 5.89. The lowest BCUT2D eigenvalue weighted by Gasteiger charge is -2.41. The standard InChI is InChI=1S/C16H24FNO/c1-10-6-5-7-18(12(10)3)16-8-11(2)15(17)9-14(16)13(4)19/h8-10,12-13,19H,5-7H2,1-4H3. The molecular weight excluding hydrogens is 241 g/mol. The van der Waals surface area contributed by atoms with Crippen LogP contribution in [0.25, 0.3) is 0 Å². The first kappa shape index (κ1) is 14.3. The van der Waals surface area contributed by atoms with Crippen molar-refractivity contribution in [2.45, 2.75) is 52.7 Å². The van der Waals surface area contributed by atoms with Crippen molar-refractivity contribution in [1.82, 2.24) is 0 Å². The number of halogens is 1. The van der Waals surface area contributed by atoms with E-state index in [1.807, 2.05) is 6.07 Å². The summed E-state index contributed by atoms with van der Waals surface area (Å²) in [5.74, 6) is 0.387. The Labute approximate surface area is 115 Å². The maximum Gasteiger partial charge on any atom is 0.126 e. The summed E-state index contributed by atoms with van der Waals surface area (Å²) in [6, 6.07) is 3.80. The molecule has 0 saturated carbocycles. The van der Waals surface area contributed by atoms with Crippen LogP contribution in [0.1, 0.15) is 50.8 Å². The molecule has 0 aliphatic carbocycles. The van der Waals surface area contributed by atoms with Crippen LogP contribution in [0.15, 0.2) is 12.1 Å². The average molecular weight is 265 g/mol. The number of aliphatic hydroxyl groups excluding tert-OH is 1. The lowest BCUT2D eigenvalue weighted by Crippen LogP contribution is -2.43. The average Bonchev–Trinajstić information content (AvgIpc) is 2.35. The molecule has 0 amide bonds. The van der Waals surface area contributed by atoms with Crippen molar-refractivity contribution in [1.29, 1.82) is 0 Å². The fourth-order valence-electron chi connectivity index (χ4n) is 2.94. The number of nitrogens with zero attached hydrogens (tertiary/aromatic N) is 1. The van der Waals surface area contributed by atoms with E-state index in [4.69, 9.17) is 0 Å². The van der Waals surface area contributed by atoms with Crippen LogP contribution in [0.5, 0.6) is 0 Å². The molecule has 3 atom stereocenters. The molecule has 2 nitrogen and oxygen atoms in total. The van der Waals surface area contributed by atoms with Gasteiger partial charge < -0.3 is 10.0 Å². The van der Waals surface area contributed by atoms with Crippen LogP contribution < -0.4 is 4.90 Å². The van der Waals surface area contributed by atoms with Gasteiger partial charge in [0.05, 0.1) is 6.10 Å². The predicted octanol–water partition coefficient (Wildman–Crippen LogP) is 3.81. The van der Waals surface area contributed by atoms with Crippen molar-refractivity contribution < 1.29 is 9.50 Å². The minimum atomic E-state index is -0.644. The summed E-state index contributed by atoms with van der Waals surface area (Å²) in [4.78, 5) is 2.32. The molecule has 0 aromatic heterocycles. The normalized spacial score (nSPS) is 25.5. The number of rotatable bonds is 2. The quantitative estimate of drug-likeness (QED) is 0.879. The number of benzene rings is 1. The molecule has 1 aliphatic heterocycles. The highest BCUT2D eigenvalue weighted by atomic mass is 19.1. The second kappa shape index (κ2) is 5.49. The van der Waals surface area contributed by atoms with Crippen molar-refractivity contribution >= 4 is 5.69 Å². The van der Waals surface area contributed by atoms with Crippen LogP contribution in [0.4, 0.5) is 10.1 Å². The first-order valence-electron chi connectivity index (χ1n) is 7.16. The lowest BCUT2D eigenvalue weighted by molar-refractivity contribution is 0.198. The van der Waals surface area contributed by atoms with Gasteiger partial charge in [0, 0.05) is 23.8 Å². The first-order valence-corrected chi connectivity index (χ1v) is 7.16. The Bertz CT molecular complexity index is 458. The number of hydrogen-bond acceptors (Lipinski definition) is 2. The molecule has 1 N–H and O–H groups in total. The van der Waals surface area contributed by atoms with Crippen LogP contribution in [0, 0.1) is 18.7 Å². The SMILES string of the molecule is Cc1cc(N2CCCC(C)C2C)c(C(C)O)cc1F. The molecule has 1 heterocycles. The summed E-state index contributed by atoms with van der Waals surface area (Å²) in [5.41, 5.74) is 2.34. The second-order valence-corrected chi connectivity index (χ2v) is 5.89. The van der Waals surface area contributed by atoms with Crippen molar-refractivity contribution in [3.05, 3.63) is 29.1 Å². The molecule has 0 spiro atoms. The molecular formula is C16H24FNO. The smallest absolute Gasteiger partial charge is 0.126 e. The molecule has 1 fully saturated rings. The van der Waals surface area contributed by atoms with E-state index in [0.29, 0.717) is 23.1 Å². The van der Waals surface area contributed by atoms with Gasteiger partial charge in [-0.05, 0) is 57.2 Å². The molecule has 1 saturated heterocycles. The molecule has 106 valence electrons. The number of piperidine rings is 1. The van der Waals surface area contributed by atoms with Gasteiger partial charge in [-0.25, -0.2) is 4.39 Å². The molecule has 0 radical (unpaired) electrons. The van der Waals surface area contributed by atoms with Gasteiger partial charge in [0.2, 0.25) is 0 Å². The molecule has 3 unspecified atom stereocenters.